The van der Waals surface area contributed by atoms with Gasteiger partial charge in [-0.3, -0.25) is 0 Å². The average molecular weight is 510 g/mol. The fourth-order valence-electron chi connectivity index (χ4n) is 2.45. The van der Waals surface area contributed by atoms with Crippen LogP contribution >= 0.6 is 39.1 Å². The molecule has 2 rings (SSSR count). The van der Waals surface area contributed by atoms with Gasteiger partial charge < -0.3 is 0 Å². The first kappa shape index (κ1) is 23.0. The highest BCUT2D eigenvalue weighted by atomic mass is 79.9. The van der Waals surface area contributed by atoms with E-state index in [1.54, 1.807) is 0 Å². The van der Waals surface area contributed by atoms with Gasteiger partial charge in [0.15, 0.2) is 0 Å². The van der Waals surface area contributed by atoms with E-state index in [-0.39, 0.29) is 26.2 Å². The lowest BCUT2D eigenvalue weighted by Gasteiger charge is -2.19. The molecule has 0 spiro atoms. The molecule has 152 valence electrons. The molecular weight excluding hydrogens is 500 g/mol. The normalized spacial score (nSPS) is 14.3. The van der Waals surface area contributed by atoms with Crippen molar-refractivity contribution in [3.63, 3.8) is 0 Å². The van der Waals surface area contributed by atoms with E-state index in [1.165, 1.54) is 6.92 Å². The predicted octanol–water partition coefficient (Wildman–Crippen LogP) is 8.74. The summed E-state index contributed by atoms with van der Waals surface area (Å²) in [5.41, 5.74) is -2.39. The highest BCUT2D eigenvalue weighted by Crippen LogP contribution is 2.42. The zero-order valence-electron chi connectivity index (χ0n) is 13.8. The Morgan fingerprint density at radius 1 is 1.00 bits per heavy atom. The number of benzene rings is 2. The molecule has 0 saturated heterocycles. The van der Waals surface area contributed by atoms with E-state index in [0.29, 0.717) is 6.07 Å². The second kappa shape index (κ2) is 8.24. The third kappa shape index (κ3) is 5.21. The summed E-state index contributed by atoms with van der Waals surface area (Å²) < 4.78 is 94.1. The molecule has 1 atom stereocenters. The zero-order chi connectivity index (χ0) is 21.4. The van der Waals surface area contributed by atoms with Crippen molar-refractivity contribution in [1.82, 2.24) is 0 Å². The van der Waals surface area contributed by atoms with Crippen LogP contribution < -0.4 is 0 Å². The van der Waals surface area contributed by atoms with E-state index < -0.39 is 40.8 Å². The van der Waals surface area contributed by atoms with Crippen LogP contribution in [0.3, 0.4) is 0 Å². The molecule has 0 saturated carbocycles. The molecule has 0 nitrogen and oxygen atoms in total. The second-order valence-electron chi connectivity index (χ2n) is 5.86. The summed E-state index contributed by atoms with van der Waals surface area (Å²) in [6.45, 7) is 1.17. The predicted molar refractivity (Wildman–Crippen MR) is 98.2 cm³/mol. The van der Waals surface area contributed by atoms with Crippen molar-refractivity contribution in [3.8, 4) is 0 Å². The van der Waals surface area contributed by atoms with Crippen LogP contribution in [-0.4, -0.2) is 6.18 Å². The van der Waals surface area contributed by atoms with Crippen molar-refractivity contribution in [2.75, 3.05) is 0 Å². The van der Waals surface area contributed by atoms with Crippen LogP contribution in [-0.2, 0) is 6.18 Å². The second-order valence-corrected chi connectivity index (χ2v) is 7.47. The lowest BCUT2D eigenvalue weighted by molar-refractivity contribution is -0.140. The molecular formula is C18H10BrCl2F7. The van der Waals surface area contributed by atoms with Crippen molar-refractivity contribution in [2.45, 2.75) is 25.2 Å². The Hall–Kier alpha value is -1.25. The van der Waals surface area contributed by atoms with Crippen molar-refractivity contribution < 1.29 is 30.7 Å². The Morgan fingerprint density at radius 2 is 1.54 bits per heavy atom. The SMILES string of the molecule is Cc1ccc(/C(F)=C/C(c2cc(Cl)c(Br)c(Cl)c2)C(F)(F)F)cc1C(F)(F)F. The average Bonchev–Trinajstić information content (AvgIpc) is 2.55. The molecule has 0 aromatic heterocycles. The fraction of sp³-hybridized carbons (Fsp3) is 0.222. The van der Waals surface area contributed by atoms with Crippen LogP contribution in [0.4, 0.5) is 30.7 Å². The van der Waals surface area contributed by atoms with E-state index in [0.717, 1.165) is 24.3 Å². The molecule has 0 N–H and O–H groups in total. The largest absolute Gasteiger partial charge is 0.416 e. The first-order chi connectivity index (χ1) is 12.7. The van der Waals surface area contributed by atoms with Crippen LogP contribution in [0.15, 0.2) is 40.9 Å². The maximum Gasteiger partial charge on any atom is 0.416 e. The molecule has 0 bridgehead atoms. The van der Waals surface area contributed by atoms with Crippen LogP contribution in [0.1, 0.15) is 28.2 Å². The van der Waals surface area contributed by atoms with Crippen molar-refractivity contribution >= 4 is 45.0 Å². The summed E-state index contributed by atoms with van der Waals surface area (Å²) in [4.78, 5) is 0. The quantitative estimate of drug-likeness (QED) is 0.286. The van der Waals surface area contributed by atoms with Crippen LogP contribution in [0.5, 0.6) is 0 Å². The Kier molecular flexibility index (Phi) is 6.78. The van der Waals surface area contributed by atoms with Gasteiger partial charge in [0.1, 0.15) is 11.7 Å². The van der Waals surface area contributed by atoms with Gasteiger partial charge in [-0.15, -0.1) is 0 Å². The number of alkyl halides is 6. The number of halogens is 10. The van der Waals surface area contributed by atoms with Gasteiger partial charge in [-0.25, -0.2) is 4.39 Å². The molecule has 0 fully saturated rings. The van der Waals surface area contributed by atoms with Crippen molar-refractivity contribution in [3.05, 3.63) is 73.2 Å². The van der Waals surface area contributed by atoms with Crippen LogP contribution in [0.25, 0.3) is 5.83 Å². The van der Waals surface area contributed by atoms with Gasteiger partial charge >= 0.3 is 12.4 Å². The Balaban J connectivity index is 2.57. The molecule has 0 radical (unpaired) electrons. The van der Waals surface area contributed by atoms with E-state index in [4.69, 9.17) is 23.2 Å². The van der Waals surface area contributed by atoms with Crippen molar-refractivity contribution in [1.29, 1.82) is 0 Å². The Bertz CT molecular complexity index is 894. The van der Waals surface area contributed by atoms with E-state index in [9.17, 15) is 30.7 Å². The summed E-state index contributed by atoms with van der Waals surface area (Å²) in [5, 5.41) is -0.250. The van der Waals surface area contributed by atoms with Gasteiger partial charge in [-0.1, -0.05) is 35.3 Å². The molecule has 0 aliphatic carbocycles. The molecule has 10 heteroatoms. The van der Waals surface area contributed by atoms with Gasteiger partial charge in [0.2, 0.25) is 0 Å². The van der Waals surface area contributed by atoms with Crippen LogP contribution in [0, 0.1) is 6.92 Å². The topological polar surface area (TPSA) is 0 Å². The van der Waals surface area contributed by atoms with Crippen molar-refractivity contribution in [2.24, 2.45) is 0 Å². The molecule has 2 aromatic rings. The fourth-order valence-corrected chi connectivity index (χ4v) is 3.19. The molecule has 0 aliphatic rings. The van der Waals surface area contributed by atoms with Gasteiger partial charge in [-0.05, 0) is 58.3 Å². The standard InChI is InChI=1S/C18H10BrCl2F7/c1-8-2-3-9(4-11(8)17(23,24)25)15(22)7-12(18(26,27)28)10-5-13(20)16(19)14(21)6-10/h2-7,12H,1H3/b15-7-. The molecule has 2 aromatic carbocycles. The van der Waals surface area contributed by atoms with Gasteiger partial charge in [0, 0.05) is 5.56 Å². The molecule has 0 amide bonds. The minimum atomic E-state index is -4.94. The summed E-state index contributed by atoms with van der Waals surface area (Å²) in [6, 6.07) is 4.34. The lowest BCUT2D eigenvalue weighted by Crippen LogP contribution is -2.19. The maximum absolute atomic E-state index is 14.5. The first-order valence-electron chi connectivity index (χ1n) is 7.48. The highest BCUT2D eigenvalue weighted by molar-refractivity contribution is 9.10. The maximum atomic E-state index is 14.5. The van der Waals surface area contributed by atoms with E-state index >= 15 is 0 Å². The third-order valence-electron chi connectivity index (χ3n) is 3.85. The van der Waals surface area contributed by atoms with E-state index in [1.807, 2.05) is 0 Å². The molecule has 28 heavy (non-hydrogen) atoms. The number of hydrogen-bond donors (Lipinski definition) is 0. The number of aryl methyl sites for hydroxylation is 1. The minimum absolute atomic E-state index is 0.125. The molecule has 1 unspecified atom stereocenters. The highest BCUT2D eigenvalue weighted by Gasteiger charge is 2.40. The first-order valence-corrected chi connectivity index (χ1v) is 9.03. The smallest absolute Gasteiger partial charge is 0.207 e. The third-order valence-corrected chi connectivity index (χ3v) is 5.76. The Labute approximate surface area is 174 Å². The summed E-state index contributed by atoms with van der Waals surface area (Å²) in [7, 11) is 0. The number of rotatable bonds is 3. The minimum Gasteiger partial charge on any atom is -0.207 e. The van der Waals surface area contributed by atoms with Crippen LogP contribution in [0.2, 0.25) is 10.0 Å². The Morgan fingerprint density at radius 3 is 2.00 bits per heavy atom. The lowest BCUT2D eigenvalue weighted by atomic mass is 9.95. The van der Waals surface area contributed by atoms with Gasteiger partial charge in [0.25, 0.3) is 0 Å². The summed E-state index contributed by atoms with van der Waals surface area (Å²) in [6.07, 6.45) is -9.51. The summed E-state index contributed by atoms with van der Waals surface area (Å²) in [5.74, 6) is -3.92. The molecule has 0 heterocycles. The zero-order valence-corrected chi connectivity index (χ0v) is 16.9. The monoisotopic (exact) mass is 508 g/mol. The molecule has 0 aliphatic heterocycles. The van der Waals surface area contributed by atoms with Gasteiger partial charge in [-0.2, -0.15) is 26.3 Å². The summed E-state index contributed by atoms with van der Waals surface area (Å²) >= 11 is 14.6. The number of hydrogen-bond acceptors (Lipinski definition) is 0. The van der Waals surface area contributed by atoms with Gasteiger partial charge in [0.05, 0.1) is 20.1 Å². The number of allylic oxidation sites excluding steroid dienone is 1. The van der Waals surface area contributed by atoms with E-state index in [2.05, 4.69) is 15.9 Å².